The van der Waals surface area contributed by atoms with Crippen molar-refractivity contribution in [1.29, 1.82) is 0 Å². The lowest BCUT2D eigenvalue weighted by Crippen LogP contribution is -2.64. The second-order valence-electron chi connectivity index (χ2n) is 7.28. The first-order chi connectivity index (χ1) is 10.6. The van der Waals surface area contributed by atoms with Gasteiger partial charge in [-0.1, -0.05) is 0 Å². The third-order valence-corrected chi connectivity index (χ3v) is 7.63. The lowest BCUT2D eigenvalue weighted by atomic mass is 9.86. The predicted octanol–water partition coefficient (Wildman–Crippen LogP) is 1.48. The Morgan fingerprint density at radius 2 is 2.09 bits per heavy atom. The van der Waals surface area contributed by atoms with Gasteiger partial charge in [0.2, 0.25) is 5.91 Å². The van der Waals surface area contributed by atoms with Crippen LogP contribution in [0.5, 0.6) is 0 Å². The molecule has 0 radical (unpaired) electrons. The monoisotopic (exact) mass is 451 g/mol. The Labute approximate surface area is 150 Å². The minimum atomic E-state index is -2.96. The highest BCUT2D eigenvalue weighted by Gasteiger charge is 2.46. The number of aromatic nitrogens is 2. The van der Waals surface area contributed by atoms with Crippen LogP contribution >= 0.6 is 22.6 Å². The first-order valence-electron chi connectivity index (χ1n) is 7.88. The Balaban J connectivity index is 1.73. The van der Waals surface area contributed by atoms with Gasteiger partial charge in [0.15, 0.2) is 9.84 Å². The van der Waals surface area contributed by atoms with Gasteiger partial charge in [-0.05, 0) is 56.2 Å². The van der Waals surface area contributed by atoms with E-state index in [4.69, 9.17) is 0 Å². The Morgan fingerprint density at radius 3 is 2.65 bits per heavy atom. The standard InChI is InChI=1S/C15H22IN3O3S/c1-9(2)19-12-6-10(4-5-11(12)13(16)18-19)14(20)17-15(3)7-23(21,22)8-15/h9-10H,4-8H2,1-3H3,(H,17,20)/t10-/m1/s1. The molecule has 1 N–H and O–H groups in total. The van der Waals surface area contributed by atoms with Crippen molar-refractivity contribution >= 4 is 38.3 Å². The molecular weight excluding hydrogens is 429 g/mol. The van der Waals surface area contributed by atoms with Gasteiger partial charge >= 0.3 is 0 Å². The smallest absolute Gasteiger partial charge is 0.223 e. The number of hydrogen-bond acceptors (Lipinski definition) is 4. The average molecular weight is 451 g/mol. The Morgan fingerprint density at radius 1 is 1.43 bits per heavy atom. The number of nitrogens with one attached hydrogen (secondary N) is 1. The summed E-state index contributed by atoms with van der Waals surface area (Å²) in [6, 6.07) is 0.267. The summed E-state index contributed by atoms with van der Waals surface area (Å²) in [5, 5.41) is 7.55. The maximum atomic E-state index is 12.6. The van der Waals surface area contributed by atoms with Gasteiger partial charge in [-0.3, -0.25) is 9.48 Å². The molecule has 128 valence electrons. The van der Waals surface area contributed by atoms with E-state index in [1.807, 2.05) is 11.6 Å². The molecular formula is C15H22IN3O3S. The molecule has 0 bridgehead atoms. The number of amides is 1. The zero-order chi connectivity index (χ0) is 17.0. The molecule has 6 nitrogen and oxygen atoms in total. The minimum absolute atomic E-state index is 0.0282. The second-order valence-corrected chi connectivity index (χ2v) is 10.4. The van der Waals surface area contributed by atoms with Gasteiger partial charge in [0, 0.05) is 29.6 Å². The van der Waals surface area contributed by atoms with E-state index in [9.17, 15) is 13.2 Å². The number of nitrogens with zero attached hydrogens (tertiary/aromatic N) is 2. The van der Waals surface area contributed by atoms with Gasteiger partial charge in [0.05, 0.1) is 17.0 Å². The van der Waals surface area contributed by atoms with Crippen molar-refractivity contribution < 1.29 is 13.2 Å². The molecule has 0 aromatic carbocycles. The summed E-state index contributed by atoms with van der Waals surface area (Å²) in [5.41, 5.74) is 1.83. The zero-order valence-electron chi connectivity index (χ0n) is 13.6. The number of carbonyl (C=O) groups excluding carboxylic acids is 1. The summed E-state index contributed by atoms with van der Waals surface area (Å²) in [7, 11) is -2.96. The summed E-state index contributed by atoms with van der Waals surface area (Å²) >= 11 is 2.26. The van der Waals surface area contributed by atoms with Gasteiger partial charge in [0.25, 0.3) is 0 Å². The van der Waals surface area contributed by atoms with E-state index < -0.39 is 15.4 Å². The fourth-order valence-corrected chi connectivity index (χ4v) is 6.46. The molecule has 1 aromatic heterocycles. The van der Waals surface area contributed by atoms with Crippen molar-refractivity contribution in [2.75, 3.05) is 11.5 Å². The molecule has 1 atom stereocenters. The molecule has 2 heterocycles. The molecule has 0 spiro atoms. The van der Waals surface area contributed by atoms with Crippen molar-refractivity contribution in [2.24, 2.45) is 5.92 Å². The first kappa shape index (κ1) is 17.2. The molecule has 1 aliphatic heterocycles. The average Bonchev–Trinajstić information content (AvgIpc) is 2.73. The number of fused-ring (bicyclic) bond motifs is 1. The van der Waals surface area contributed by atoms with Crippen molar-refractivity contribution in [3.05, 3.63) is 15.0 Å². The van der Waals surface area contributed by atoms with Gasteiger partial charge in [-0.25, -0.2) is 8.42 Å². The quantitative estimate of drug-likeness (QED) is 0.707. The van der Waals surface area contributed by atoms with E-state index in [1.54, 1.807) is 0 Å². The molecule has 1 aliphatic carbocycles. The zero-order valence-corrected chi connectivity index (χ0v) is 16.6. The summed E-state index contributed by atoms with van der Waals surface area (Å²) < 4.78 is 25.8. The number of carbonyl (C=O) groups is 1. The van der Waals surface area contributed by atoms with Crippen LogP contribution in [-0.2, 0) is 27.5 Å². The van der Waals surface area contributed by atoms with E-state index in [0.717, 1.165) is 22.2 Å². The number of sulfone groups is 1. The lowest BCUT2D eigenvalue weighted by Gasteiger charge is -2.39. The van der Waals surface area contributed by atoms with E-state index in [1.165, 1.54) is 5.56 Å². The topological polar surface area (TPSA) is 81.1 Å². The van der Waals surface area contributed by atoms with Crippen LogP contribution in [0, 0.1) is 9.62 Å². The maximum Gasteiger partial charge on any atom is 0.223 e. The molecule has 1 fully saturated rings. The third-order valence-electron chi connectivity index (χ3n) is 4.61. The van der Waals surface area contributed by atoms with Crippen LogP contribution in [0.15, 0.2) is 0 Å². The molecule has 1 amide bonds. The molecule has 1 saturated heterocycles. The highest BCUT2D eigenvalue weighted by Crippen LogP contribution is 2.32. The van der Waals surface area contributed by atoms with Gasteiger partial charge < -0.3 is 5.32 Å². The SMILES string of the molecule is CC(C)n1nc(I)c2c1C[C@H](C(=O)NC1(C)CS(=O)(=O)C1)CC2. The highest BCUT2D eigenvalue weighted by molar-refractivity contribution is 14.1. The molecule has 8 heteroatoms. The number of hydrogen-bond donors (Lipinski definition) is 1. The minimum Gasteiger partial charge on any atom is -0.349 e. The molecule has 2 aliphatic rings. The van der Waals surface area contributed by atoms with E-state index in [-0.39, 0.29) is 29.4 Å². The number of rotatable bonds is 3. The van der Waals surface area contributed by atoms with Crippen LogP contribution in [0.4, 0.5) is 0 Å². The summed E-state index contributed by atoms with van der Waals surface area (Å²) in [6.07, 6.45) is 2.33. The fourth-order valence-electron chi connectivity index (χ4n) is 3.64. The first-order valence-corrected chi connectivity index (χ1v) is 10.8. The number of halogens is 1. The summed E-state index contributed by atoms with van der Waals surface area (Å²) in [6.45, 7) is 5.99. The second kappa shape index (κ2) is 5.72. The Bertz CT molecular complexity index is 742. The summed E-state index contributed by atoms with van der Waals surface area (Å²) in [4.78, 5) is 12.6. The van der Waals surface area contributed by atoms with Gasteiger partial charge in [-0.2, -0.15) is 5.10 Å². The normalized spacial score (nSPS) is 24.8. The van der Waals surface area contributed by atoms with Crippen molar-refractivity contribution in [3.63, 3.8) is 0 Å². The molecule has 0 unspecified atom stereocenters. The lowest BCUT2D eigenvalue weighted by molar-refractivity contribution is -0.126. The van der Waals surface area contributed by atoms with Crippen molar-refractivity contribution in [3.8, 4) is 0 Å². The summed E-state index contributed by atoms with van der Waals surface area (Å²) in [5.74, 6) is -0.0379. The van der Waals surface area contributed by atoms with Crippen molar-refractivity contribution in [1.82, 2.24) is 15.1 Å². The van der Waals surface area contributed by atoms with Gasteiger partial charge in [-0.15, -0.1) is 0 Å². The van der Waals surface area contributed by atoms with Crippen LogP contribution in [0.25, 0.3) is 0 Å². The molecule has 23 heavy (non-hydrogen) atoms. The molecule has 1 aromatic rings. The Hall–Kier alpha value is -0.640. The van der Waals surface area contributed by atoms with E-state index >= 15 is 0 Å². The van der Waals surface area contributed by atoms with E-state index in [2.05, 4.69) is 46.9 Å². The van der Waals surface area contributed by atoms with Crippen LogP contribution in [0.2, 0.25) is 0 Å². The fraction of sp³-hybridized carbons (Fsp3) is 0.733. The van der Waals surface area contributed by atoms with Crippen LogP contribution in [-0.4, -0.2) is 41.2 Å². The third kappa shape index (κ3) is 3.29. The van der Waals surface area contributed by atoms with Crippen LogP contribution < -0.4 is 5.32 Å². The predicted molar refractivity (Wildman–Crippen MR) is 96.0 cm³/mol. The van der Waals surface area contributed by atoms with Crippen molar-refractivity contribution in [2.45, 2.75) is 51.6 Å². The van der Waals surface area contributed by atoms with Crippen LogP contribution in [0.3, 0.4) is 0 Å². The molecule has 3 rings (SSSR count). The van der Waals surface area contributed by atoms with Crippen LogP contribution in [0.1, 0.15) is 44.5 Å². The van der Waals surface area contributed by atoms with E-state index in [0.29, 0.717) is 6.42 Å². The Kier molecular flexibility index (Phi) is 4.27. The maximum absolute atomic E-state index is 12.6. The molecule has 0 saturated carbocycles. The largest absolute Gasteiger partial charge is 0.349 e. The van der Waals surface area contributed by atoms with Gasteiger partial charge in [0.1, 0.15) is 3.70 Å². The highest BCUT2D eigenvalue weighted by atomic mass is 127.